The number of aromatic amines is 1. The van der Waals surface area contributed by atoms with Crippen molar-refractivity contribution in [2.45, 2.75) is 0 Å². The highest BCUT2D eigenvalue weighted by atomic mass is 16.2. The molecule has 0 spiro atoms. The van der Waals surface area contributed by atoms with Crippen molar-refractivity contribution >= 4 is 5.91 Å². The smallest absolute Gasteiger partial charge is 0.328 e. The normalized spacial score (nSPS) is 9.75. The molecule has 6 nitrogen and oxygen atoms in total. The van der Waals surface area contributed by atoms with Crippen LogP contribution in [-0.2, 0) is 7.05 Å². The van der Waals surface area contributed by atoms with Crippen LogP contribution in [0.4, 0.5) is 0 Å². The second-order valence-electron chi connectivity index (χ2n) is 2.24. The maximum absolute atomic E-state index is 11.1. The number of carbonyl (C=O) groups excluding carboxylic acids is 1. The van der Waals surface area contributed by atoms with E-state index in [2.05, 4.69) is 4.98 Å². The number of nitrogens with zero attached hydrogens (tertiary/aromatic N) is 1. The molecule has 0 atom stereocenters. The summed E-state index contributed by atoms with van der Waals surface area (Å²) in [5.41, 5.74) is 3.37. The molecule has 1 rings (SSSR count). The van der Waals surface area contributed by atoms with Gasteiger partial charge >= 0.3 is 5.69 Å². The Morgan fingerprint density at radius 1 is 1.58 bits per heavy atom. The van der Waals surface area contributed by atoms with Gasteiger partial charge in [0.25, 0.3) is 11.5 Å². The lowest BCUT2D eigenvalue weighted by atomic mass is 10.3. The number of aromatic nitrogens is 2. The first-order valence-electron chi connectivity index (χ1n) is 3.12. The van der Waals surface area contributed by atoms with E-state index in [0.717, 1.165) is 10.8 Å². The van der Waals surface area contributed by atoms with Crippen LogP contribution in [0.3, 0.4) is 0 Å². The minimum Gasteiger partial charge on any atom is -0.365 e. The zero-order chi connectivity index (χ0) is 9.30. The summed E-state index contributed by atoms with van der Waals surface area (Å²) < 4.78 is 0.778. The Hall–Kier alpha value is -1.85. The van der Waals surface area contributed by atoms with E-state index in [9.17, 15) is 14.4 Å². The van der Waals surface area contributed by atoms with Crippen LogP contribution in [0.2, 0.25) is 0 Å². The van der Waals surface area contributed by atoms with Gasteiger partial charge < -0.3 is 10.7 Å². The molecular weight excluding hydrogens is 162 g/mol. The molecule has 0 aromatic carbocycles. The molecule has 3 N–H and O–H groups in total. The van der Waals surface area contributed by atoms with Crippen molar-refractivity contribution in [3.05, 3.63) is 32.6 Å². The van der Waals surface area contributed by atoms with Gasteiger partial charge in [0, 0.05) is 13.2 Å². The molecule has 12 heavy (non-hydrogen) atoms. The van der Waals surface area contributed by atoms with Crippen LogP contribution >= 0.6 is 0 Å². The number of primary amides is 1. The van der Waals surface area contributed by atoms with Gasteiger partial charge in [0.05, 0.1) is 0 Å². The third-order valence-corrected chi connectivity index (χ3v) is 1.45. The Bertz CT molecular complexity index is 428. The summed E-state index contributed by atoms with van der Waals surface area (Å²) in [6.45, 7) is 0. The molecule has 0 bridgehead atoms. The summed E-state index contributed by atoms with van der Waals surface area (Å²) in [5.74, 6) is -0.855. The predicted molar refractivity (Wildman–Crippen MR) is 40.8 cm³/mol. The Kier molecular flexibility index (Phi) is 1.82. The highest BCUT2D eigenvalue weighted by Gasteiger charge is 2.08. The van der Waals surface area contributed by atoms with Gasteiger partial charge in [-0.05, 0) is 0 Å². The summed E-state index contributed by atoms with van der Waals surface area (Å²) in [7, 11) is 1.26. The predicted octanol–water partition coefficient (Wildman–Crippen LogP) is -1.83. The van der Waals surface area contributed by atoms with Gasteiger partial charge in [0.2, 0.25) is 0 Å². The molecule has 1 aromatic heterocycles. The molecule has 0 fully saturated rings. The van der Waals surface area contributed by atoms with E-state index in [-0.39, 0.29) is 5.56 Å². The van der Waals surface area contributed by atoms with Gasteiger partial charge in [-0.15, -0.1) is 0 Å². The van der Waals surface area contributed by atoms with Gasteiger partial charge in [-0.2, -0.15) is 0 Å². The minimum absolute atomic E-state index is 0.225. The quantitative estimate of drug-likeness (QED) is 0.517. The van der Waals surface area contributed by atoms with Crippen LogP contribution in [0.15, 0.2) is 15.8 Å². The van der Waals surface area contributed by atoms with Crippen molar-refractivity contribution in [3.63, 3.8) is 0 Å². The van der Waals surface area contributed by atoms with Crippen molar-refractivity contribution in [1.29, 1.82) is 0 Å². The SMILES string of the molecule is Cn1c(=O)[nH]cc(C(N)=O)c1=O. The molecule has 0 unspecified atom stereocenters. The fourth-order valence-electron chi connectivity index (χ4n) is 0.742. The summed E-state index contributed by atoms with van der Waals surface area (Å²) in [6, 6.07) is 0. The zero-order valence-corrected chi connectivity index (χ0v) is 6.33. The van der Waals surface area contributed by atoms with Crippen molar-refractivity contribution < 1.29 is 4.79 Å². The first kappa shape index (κ1) is 8.25. The van der Waals surface area contributed by atoms with Gasteiger partial charge in [-0.3, -0.25) is 14.2 Å². The molecule has 0 radical (unpaired) electrons. The van der Waals surface area contributed by atoms with Crippen LogP contribution in [0.5, 0.6) is 0 Å². The average molecular weight is 169 g/mol. The maximum atomic E-state index is 11.1. The molecule has 1 heterocycles. The summed E-state index contributed by atoms with van der Waals surface area (Å²) >= 11 is 0. The van der Waals surface area contributed by atoms with Crippen molar-refractivity contribution in [2.75, 3.05) is 0 Å². The van der Waals surface area contributed by atoms with E-state index >= 15 is 0 Å². The molecular formula is C6H7N3O3. The first-order chi connectivity index (χ1) is 5.54. The maximum Gasteiger partial charge on any atom is 0.328 e. The molecule has 0 aliphatic carbocycles. The number of hydrogen-bond acceptors (Lipinski definition) is 3. The van der Waals surface area contributed by atoms with Gasteiger partial charge in [-0.25, -0.2) is 4.79 Å². The Balaban J connectivity index is 3.58. The van der Waals surface area contributed by atoms with E-state index < -0.39 is 17.2 Å². The Morgan fingerprint density at radius 2 is 2.17 bits per heavy atom. The number of rotatable bonds is 1. The third kappa shape index (κ3) is 1.14. The largest absolute Gasteiger partial charge is 0.365 e. The van der Waals surface area contributed by atoms with Crippen LogP contribution in [-0.4, -0.2) is 15.5 Å². The van der Waals surface area contributed by atoms with Crippen LogP contribution in [0.25, 0.3) is 0 Å². The van der Waals surface area contributed by atoms with E-state index in [0.29, 0.717) is 0 Å². The number of carbonyl (C=O) groups is 1. The Labute approximate surface area is 66.6 Å². The molecule has 0 aliphatic rings. The molecule has 0 aliphatic heterocycles. The number of hydrogen-bond donors (Lipinski definition) is 2. The third-order valence-electron chi connectivity index (χ3n) is 1.45. The summed E-state index contributed by atoms with van der Waals surface area (Å²) in [5, 5.41) is 0. The van der Waals surface area contributed by atoms with E-state index in [1.54, 1.807) is 0 Å². The topological polar surface area (TPSA) is 97.9 Å². The fraction of sp³-hybridized carbons (Fsp3) is 0.167. The molecule has 0 saturated heterocycles. The molecule has 0 saturated carbocycles. The number of nitrogens with two attached hydrogens (primary N) is 1. The first-order valence-corrected chi connectivity index (χ1v) is 3.12. The fourth-order valence-corrected chi connectivity index (χ4v) is 0.742. The zero-order valence-electron chi connectivity index (χ0n) is 6.33. The second-order valence-corrected chi connectivity index (χ2v) is 2.24. The lowest BCUT2D eigenvalue weighted by molar-refractivity contribution is 0.0998. The molecule has 1 aromatic rings. The lowest BCUT2D eigenvalue weighted by Gasteiger charge is -1.96. The monoisotopic (exact) mass is 169 g/mol. The van der Waals surface area contributed by atoms with Crippen LogP contribution < -0.4 is 17.0 Å². The molecule has 1 amide bonds. The number of amides is 1. The summed E-state index contributed by atoms with van der Waals surface area (Å²) in [6.07, 6.45) is 1.01. The number of nitrogens with one attached hydrogen (secondary N) is 1. The standard InChI is InChI=1S/C6H7N3O3/c1-9-5(11)3(4(7)10)2-8-6(9)12/h2H,1H3,(H2,7,10)(H,8,12). The highest BCUT2D eigenvalue weighted by molar-refractivity contribution is 5.91. The second kappa shape index (κ2) is 2.65. The average Bonchev–Trinajstić information content (AvgIpc) is 2.00. The van der Waals surface area contributed by atoms with Gasteiger partial charge in [0.1, 0.15) is 5.56 Å². The number of H-pyrrole nitrogens is 1. The van der Waals surface area contributed by atoms with E-state index in [4.69, 9.17) is 5.73 Å². The van der Waals surface area contributed by atoms with Crippen molar-refractivity contribution in [1.82, 2.24) is 9.55 Å². The van der Waals surface area contributed by atoms with Crippen LogP contribution in [0, 0.1) is 0 Å². The van der Waals surface area contributed by atoms with Gasteiger partial charge in [0.15, 0.2) is 0 Å². The van der Waals surface area contributed by atoms with Gasteiger partial charge in [-0.1, -0.05) is 0 Å². The summed E-state index contributed by atoms with van der Waals surface area (Å²) in [4.78, 5) is 34.6. The lowest BCUT2D eigenvalue weighted by Crippen LogP contribution is -2.37. The molecule has 6 heteroatoms. The van der Waals surface area contributed by atoms with E-state index in [1.165, 1.54) is 7.05 Å². The van der Waals surface area contributed by atoms with E-state index in [1.807, 2.05) is 0 Å². The Morgan fingerprint density at radius 3 is 2.67 bits per heavy atom. The van der Waals surface area contributed by atoms with Crippen molar-refractivity contribution in [3.8, 4) is 0 Å². The highest BCUT2D eigenvalue weighted by Crippen LogP contribution is 1.80. The minimum atomic E-state index is -0.855. The van der Waals surface area contributed by atoms with Crippen molar-refractivity contribution in [2.24, 2.45) is 12.8 Å². The molecule has 64 valence electrons. The van der Waals surface area contributed by atoms with Crippen LogP contribution in [0.1, 0.15) is 10.4 Å².